The van der Waals surface area contributed by atoms with Crippen molar-refractivity contribution in [2.75, 3.05) is 17.6 Å². The number of aromatic nitrogens is 1. The minimum Gasteiger partial charge on any atom is -0.399 e. The molecule has 0 unspecified atom stereocenters. The van der Waals surface area contributed by atoms with Crippen LogP contribution in [0.3, 0.4) is 0 Å². The highest BCUT2D eigenvalue weighted by Gasteiger charge is 2.15. The molecule has 0 aliphatic carbocycles. The van der Waals surface area contributed by atoms with Crippen molar-refractivity contribution in [3.05, 3.63) is 34.3 Å². The Balaban J connectivity index is 2.17. The normalized spacial score (nSPS) is 11.5. The number of nitrogens with zero attached hydrogens (tertiary/aromatic N) is 1. The lowest BCUT2D eigenvalue weighted by molar-refractivity contribution is 0.597. The molecule has 0 saturated carbocycles. The molecule has 0 bridgehead atoms. The van der Waals surface area contributed by atoms with Crippen molar-refractivity contribution in [3.63, 3.8) is 0 Å². The molecule has 2 aromatic rings. The van der Waals surface area contributed by atoms with E-state index >= 15 is 0 Å². The van der Waals surface area contributed by atoms with E-state index in [9.17, 15) is 8.42 Å². The van der Waals surface area contributed by atoms with Crippen molar-refractivity contribution in [3.8, 4) is 0 Å². The molecule has 2 rings (SSSR count). The summed E-state index contributed by atoms with van der Waals surface area (Å²) >= 11 is 1.54. The first kappa shape index (κ1) is 14.8. The van der Waals surface area contributed by atoms with Gasteiger partial charge in [0.15, 0.2) is 0 Å². The Morgan fingerprint density at radius 3 is 2.75 bits per heavy atom. The summed E-state index contributed by atoms with van der Waals surface area (Å²) in [6.07, 6.45) is 0.752. The summed E-state index contributed by atoms with van der Waals surface area (Å²) in [5.74, 6) is 0. The number of anilines is 2. The SMILES string of the molecule is Cc1c(NCCc2cscn2)cc(N)cc1S(N)(=O)=O. The second kappa shape index (κ2) is 5.78. The molecule has 0 aliphatic rings. The summed E-state index contributed by atoms with van der Waals surface area (Å²) in [5, 5.41) is 10.3. The highest BCUT2D eigenvalue weighted by Crippen LogP contribution is 2.26. The van der Waals surface area contributed by atoms with Gasteiger partial charge in [-0.05, 0) is 24.6 Å². The summed E-state index contributed by atoms with van der Waals surface area (Å²) < 4.78 is 23.0. The van der Waals surface area contributed by atoms with Crippen LogP contribution >= 0.6 is 11.3 Å². The monoisotopic (exact) mass is 312 g/mol. The van der Waals surface area contributed by atoms with Crippen molar-refractivity contribution in [2.45, 2.75) is 18.2 Å². The Morgan fingerprint density at radius 1 is 1.40 bits per heavy atom. The number of benzene rings is 1. The van der Waals surface area contributed by atoms with Gasteiger partial charge in [0.1, 0.15) is 0 Å². The molecule has 0 radical (unpaired) electrons. The van der Waals surface area contributed by atoms with E-state index in [1.165, 1.54) is 6.07 Å². The molecule has 0 spiro atoms. The van der Waals surface area contributed by atoms with Gasteiger partial charge in [0.2, 0.25) is 10.0 Å². The highest BCUT2D eigenvalue weighted by atomic mass is 32.2. The minimum atomic E-state index is -3.78. The number of sulfonamides is 1. The average Bonchev–Trinajstić information content (AvgIpc) is 2.84. The molecular weight excluding hydrogens is 296 g/mol. The van der Waals surface area contributed by atoms with Crippen LogP contribution < -0.4 is 16.2 Å². The molecule has 1 aromatic heterocycles. The maximum Gasteiger partial charge on any atom is 0.238 e. The number of rotatable bonds is 5. The van der Waals surface area contributed by atoms with Crippen LogP contribution in [-0.4, -0.2) is 19.9 Å². The molecule has 5 N–H and O–H groups in total. The number of nitrogens with one attached hydrogen (secondary N) is 1. The van der Waals surface area contributed by atoms with Gasteiger partial charge >= 0.3 is 0 Å². The third kappa shape index (κ3) is 3.47. The Bertz CT molecular complexity index is 696. The van der Waals surface area contributed by atoms with E-state index in [4.69, 9.17) is 10.9 Å². The van der Waals surface area contributed by atoms with E-state index < -0.39 is 10.0 Å². The van der Waals surface area contributed by atoms with Gasteiger partial charge in [-0.2, -0.15) is 0 Å². The summed E-state index contributed by atoms with van der Waals surface area (Å²) in [6, 6.07) is 3.07. The van der Waals surface area contributed by atoms with Gasteiger partial charge < -0.3 is 11.1 Å². The first-order chi connectivity index (χ1) is 9.38. The first-order valence-electron chi connectivity index (χ1n) is 5.92. The number of nitrogen functional groups attached to an aromatic ring is 1. The number of hydrogen-bond acceptors (Lipinski definition) is 6. The van der Waals surface area contributed by atoms with Crippen molar-refractivity contribution in [1.82, 2.24) is 4.98 Å². The number of primary sulfonamides is 1. The van der Waals surface area contributed by atoms with Gasteiger partial charge in [0, 0.05) is 29.7 Å². The number of nitrogens with two attached hydrogens (primary N) is 2. The highest BCUT2D eigenvalue weighted by molar-refractivity contribution is 7.89. The zero-order valence-electron chi connectivity index (χ0n) is 11.0. The van der Waals surface area contributed by atoms with Crippen molar-refractivity contribution in [1.29, 1.82) is 0 Å². The van der Waals surface area contributed by atoms with E-state index in [-0.39, 0.29) is 4.90 Å². The second-order valence-electron chi connectivity index (χ2n) is 4.39. The Hall–Kier alpha value is -1.64. The lowest BCUT2D eigenvalue weighted by Crippen LogP contribution is -2.16. The van der Waals surface area contributed by atoms with Crippen molar-refractivity contribution in [2.24, 2.45) is 5.14 Å². The molecule has 6 nitrogen and oxygen atoms in total. The molecule has 20 heavy (non-hydrogen) atoms. The van der Waals surface area contributed by atoms with Gasteiger partial charge in [-0.15, -0.1) is 11.3 Å². The van der Waals surface area contributed by atoms with Crippen LogP contribution in [0.25, 0.3) is 0 Å². The summed E-state index contributed by atoms with van der Waals surface area (Å²) in [5.41, 5.74) is 10.1. The molecular formula is C12H16N4O2S2. The topological polar surface area (TPSA) is 111 Å². The lowest BCUT2D eigenvalue weighted by Gasteiger charge is -2.13. The molecule has 1 heterocycles. The van der Waals surface area contributed by atoms with E-state index in [1.807, 2.05) is 5.38 Å². The van der Waals surface area contributed by atoms with Gasteiger partial charge in [-0.1, -0.05) is 0 Å². The van der Waals surface area contributed by atoms with Crippen molar-refractivity contribution >= 4 is 32.7 Å². The fourth-order valence-corrected chi connectivity index (χ4v) is 3.30. The van der Waals surface area contributed by atoms with Crippen LogP contribution in [0.2, 0.25) is 0 Å². The van der Waals surface area contributed by atoms with Gasteiger partial charge in [0.25, 0.3) is 0 Å². The van der Waals surface area contributed by atoms with Crippen LogP contribution in [0, 0.1) is 6.92 Å². The number of thiazole rings is 1. The van der Waals surface area contributed by atoms with E-state index in [2.05, 4.69) is 10.3 Å². The number of hydrogen-bond donors (Lipinski definition) is 3. The maximum absolute atomic E-state index is 11.5. The molecule has 0 atom stereocenters. The van der Waals surface area contributed by atoms with Gasteiger partial charge in [-0.3, -0.25) is 0 Å². The molecule has 108 valence electrons. The van der Waals surface area contributed by atoms with Gasteiger partial charge in [-0.25, -0.2) is 18.5 Å². The molecule has 0 fully saturated rings. The minimum absolute atomic E-state index is 0.0497. The average molecular weight is 312 g/mol. The molecule has 8 heteroatoms. The predicted molar refractivity (Wildman–Crippen MR) is 81.3 cm³/mol. The Morgan fingerprint density at radius 2 is 2.15 bits per heavy atom. The third-order valence-electron chi connectivity index (χ3n) is 2.87. The molecule has 0 aliphatic heterocycles. The fourth-order valence-electron chi connectivity index (χ4n) is 1.87. The Kier molecular flexibility index (Phi) is 4.26. The van der Waals surface area contributed by atoms with Crippen molar-refractivity contribution < 1.29 is 8.42 Å². The predicted octanol–water partition coefficient (Wildman–Crippen LogP) is 1.34. The maximum atomic E-state index is 11.5. The summed E-state index contributed by atoms with van der Waals surface area (Å²) in [6.45, 7) is 2.34. The Labute approximate surface area is 121 Å². The smallest absolute Gasteiger partial charge is 0.238 e. The molecule has 0 saturated heterocycles. The van der Waals surface area contributed by atoms with Crippen LogP contribution in [0.1, 0.15) is 11.3 Å². The largest absolute Gasteiger partial charge is 0.399 e. The third-order valence-corrected chi connectivity index (χ3v) is 4.54. The quantitative estimate of drug-likeness (QED) is 0.721. The molecule has 1 aromatic carbocycles. The second-order valence-corrected chi connectivity index (χ2v) is 6.64. The van der Waals surface area contributed by atoms with E-state index in [1.54, 1.807) is 29.8 Å². The molecule has 0 amide bonds. The van der Waals surface area contributed by atoms with Crippen LogP contribution in [0.4, 0.5) is 11.4 Å². The van der Waals surface area contributed by atoms with Gasteiger partial charge in [0.05, 0.1) is 16.1 Å². The first-order valence-corrected chi connectivity index (χ1v) is 8.40. The summed E-state index contributed by atoms with van der Waals surface area (Å²) in [4.78, 5) is 4.23. The van der Waals surface area contributed by atoms with E-state index in [0.29, 0.717) is 23.5 Å². The standard InChI is InChI=1S/C12H16N4O2S2/c1-8-11(15-3-2-10-6-19-7-16-10)4-9(13)5-12(8)20(14,17)18/h4-7,15H,2-3,13H2,1H3,(H2,14,17,18). The zero-order valence-corrected chi connectivity index (χ0v) is 12.6. The zero-order chi connectivity index (χ0) is 14.8. The van der Waals surface area contributed by atoms with E-state index in [0.717, 1.165) is 12.1 Å². The lowest BCUT2D eigenvalue weighted by atomic mass is 10.1. The fraction of sp³-hybridized carbons (Fsp3) is 0.250. The van der Waals surface area contributed by atoms with Crippen LogP contribution in [-0.2, 0) is 16.4 Å². The van der Waals surface area contributed by atoms with Crippen LogP contribution in [0.15, 0.2) is 27.9 Å². The summed E-state index contributed by atoms with van der Waals surface area (Å²) in [7, 11) is -3.78. The van der Waals surface area contributed by atoms with Crippen LogP contribution in [0.5, 0.6) is 0 Å².